The Morgan fingerprint density at radius 1 is 1.21 bits per heavy atom. The summed E-state index contributed by atoms with van der Waals surface area (Å²) in [5.74, 6) is 1.68. The van der Waals surface area contributed by atoms with Crippen molar-refractivity contribution in [1.29, 1.82) is 0 Å². The molecule has 1 fully saturated rings. The number of nitrogens with two attached hydrogens (primary N) is 1. The first-order valence-corrected chi connectivity index (χ1v) is 6.92. The molecule has 0 aliphatic heterocycles. The lowest BCUT2D eigenvalue weighted by Gasteiger charge is -2.34. The lowest BCUT2D eigenvalue weighted by Crippen LogP contribution is -2.36. The van der Waals surface area contributed by atoms with Crippen molar-refractivity contribution in [2.75, 3.05) is 24.8 Å². The Bertz CT molecular complexity index is 417. The summed E-state index contributed by atoms with van der Waals surface area (Å²) >= 11 is 0. The molecule has 2 rings (SSSR count). The largest absolute Gasteiger partial charge is 0.467 e. The van der Waals surface area contributed by atoms with E-state index in [0.29, 0.717) is 12.0 Å². The molecule has 0 saturated heterocycles. The molecule has 0 aromatic carbocycles. The zero-order valence-corrected chi connectivity index (χ0v) is 12.0. The minimum atomic E-state index is 0.205. The molecule has 1 aromatic heterocycles. The van der Waals surface area contributed by atoms with Gasteiger partial charge >= 0.3 is 6.01 Å². The van der Waals surface area contributed by atoms with E-state index in [9.17, 15) is 0 Å². The number of aromatic nitrogens is 3. The first-order chi connectivity index (χ1) is 9.13. The molecule has 1 saturated carbocycles. The van der Waals surface area contributed by atoms with Gasteiger partial charge in [-0.05, 0) is 31.6 Å². The standard InChI is InChI=1S/C13H23N5O/c1-4-9-5-7-10(8-6-9)18(2)12-15-11(14)16-13(17-12)19-3/h9-10H,4-8H2,1-3H3,(H2,14,15,16,17). The fourth-order valence-corrected chi connectivity index (χ4v) is 2.71. The predicted octanol–water partition coefficient (Wildman–Crippen LogP) is 1.87. The van der Waals surface area contributed by atoms with Gasteiger partial charge in [0.2, 0.25) is 11.9 Å². The van der Waals surface area contributed by atoms with Gasteiger partial charge in [-0.2, -0.15) is 15.0 Å². The van der Waals surface area contributed by atoms with Gasteiger partial charge in [0, 0.05) is 13.1 Å². The summed E-state index contributed by atoms with van der Waals surface area (Å²) in [6.45, 7) is 2.27. The van der Waals surface area contributed by atoms with Crippen LogP contribution in [0.1, 0.15) is 39.0 Å². The Labute approximate surface area is 114 Å². The van der Waals surface area contributed by atoms with Crippen LogP contribution in [0.5, 0.6) is 6.01 Å². The van der Waals surface area contributed by atoms with E-state index in [4.69, 9.17) is 10.5 Å². The van der Waals surface area contributed by atoms with Crippen LogP contribution in [0.2, 0.25) is 0 Å². The van der Waals surface area contributed by atoms with Gasteiger partial charge in [0.1, 0.15) is 0 Å². The maximum atomic E-state index is 5.68. The van der Waals surface area contributed by atoms with Gasteiger partial charge in [0.15, 0.2) is 0 Å². The molecule has 1 aromatic rings. The number of ether oxygens (including phenoxy) is 1. The average molecular weight is 265 g/mol. The topological polar surface area (TPSA) is 77.2 Å². The van der Waals surface area contributed by atoms with E-state index in [-0.39, 0.29) is 12.0 Å². The lowest BCUT2D eigenvalue weighted by atomic mass is 9.84. The molecule has 0 radical (unpaired) electrons. The summed E-state index contributed by atoms with van der Waals surface area (Å²) in [4.78, 5) is 14.5. The van der Waals surface area contributed by atoms with Crippen molar-refractivity contribution in [2.45, 2.75) is 45.1 Å². The molecule has 0 amide bonds. The first kappa shape index (κ1) is 13.8. The van der Waals surface area contributed by atoms with Gasteiger partial charge in [0.05, 0.1) is 7.11 Å². The molecule has 6 nitrogen and oxygen atoms in total. The highest BCUT2D eigenvalue weighted by atomic mass is 16.5. The van der Waals surface area contributed by atoms with Crippen LogP contribution in [-0.4, -0.2) is 35.2 Å². The van der Waals surface area contributed by atoms with Crippen LogP contribution >= 0.6 is 0 Å². The fraction of sp³-hybridized carbons (Fsp3) is 0.769. The molecule has 1 aliphatic rings. The van der Waals surface area contributed by atoms with Crippen LogP contribution in [0.15, 0.2) is 0 Å². The Morgan fingerprint density at radius 3 is 2.47 bits per heavy atom. The molecule has 106 valence electrons. The summed E-state index contributed by atoms with van der Waals surface area (Å²) < 4.78 is 5.04. The van der Waals surface area contributed by atoms with Crippen molar-refractivity contribution in [3.63, 3.8) is 0 Å². The number of nitrogen functional groups attached to an aromatic ring is 1. The summed E-state index contributed by atoms with van der Waals surface area (Å²) in [5.41, 5.74) is 5.68. The molecule has 0 bridgehead atoms. The van der Waals surface area contributed by atoms with Crippen molar-refractivity contribution in [1.82, 2.24) is 15.0 Å². The third-order valence-electron chi connectivity index (χ3n) is 4.06. The number of rotatable bonds is 4. The van der Waals surface area contributed by atoms with Crippen molar-refractivity contribution in [3.8, 4) is 6.01 Å². The Morgan fingerprint density at radius 2 is 1.89 bits per heavy atom. The zero-order chi connectivity index (χ0) is 13.8. The van der Waals surface area contributed by atoms with E-state index in [2.05, 4.69) is 26.8 Å². The number of methoxy groups -OCH3 is 1. The summed E-state index contributed by atoms with van der Waals surface area (Å²) in [6, 6.07) is 0.755. The van der Waals surface area contributed by atoms with E-state index in [1.54, 1.807) is 0 Å². The van der Waals surface area contributed by atoms with Crippen LogP contribution in [0.25, 0.3) is 0 Å². The van der Waals surface area contributed by atoms with Crippen LogP contribution in [-0.2, 0) is 0 Å². The normalized spacial score (nSPS) is 23.1. The third-order valence-corrected chi connectivity index (χ3v) is 4.06. The Kier molecular flexibility index (Phi) is 4.39. The number of hydrogen-bond donors (Lipinski definition) is 1. The van der Waals surface area contributed by atoms with Crippen LogP contribution < -0.4 is 15.4 Å². The molecule has 0 spiro atoms. The monoisotopic (exact) mass is 265 g/mol. The molecule has 6 heteroatoms. The van der Waals surface area contributed by atoms with Crippen molar-refractivity contribution >= 4 is 11.9 Å². The van der Waals surface area contributed by atoms with E-state index < -0.39 is 0 Å². The average Bonchev–Trinajstić information content (AvgIpc) is 2.46. The molecule has 1 heterocycles. The van der Waals surface area contributed by atoms with Crippen LogP contribution in [0.4, 0.5) is 11.9 Å². The number of hydrogen-bond acceptors (Lipinski definition) is 6. The van der Waals surface area contributed by atoms with E-state index in [1.165, 1.54) is 39.2 Å². The minimum absolute atomic E-state index is 0.205. The summed E-state index contributed by atoms with van der Waals surface area (Å²) in [5, 5.41) is 0. The molecule has 0 unspecified atom stereocenters. The van der Waals surface area contributed by atoms with Crippen LogP contribution in [0, 0.1) is 5.92 Å². The Balaban J connectivity index is 2.07. The minimum Gasteiger partial charge on any atom is -0.467 e. The molecule has 0 atom stereocenters. The summed E-state index contributed by atoms with van der Waals surface area (Å²) in [7, 11) is 3.55. The molecule has 1 aliphatic carbocycles. The van der Waals surface area contributed by atoms with Crippen molar-refractivity contribution in [3.05, 3.63) is 0 Å². The van der Waals surface area contributed by atoms with Crippen LogP contribution in [0.3, 0.4) is 0 Å². The second-order valence-electron chi connectivity index (χ2n) is 5.17. The highest BCUT2D eigenvalue weighted by molar-refractivity contribution is 5.36. The highest BCUT2D eigenvalue weighted by Crippen LogP contribution is 2.30. The Hall–Kier alpha value is -1.59. The first-order valence-electron chi connectivity index (χ1n) is 6.92. The maximum Gasteiger partial charge on any atom is 0.322 e. The fourth-order valence-electron chi connectivity index (χ4n) is 2.71. The van der Waals surface area contributed by atoms with Gasteiger partial charge in [-0.1, -0.05) is 13.3 Å². The van der Waals surface area contributed by atoms with E-state index in [1.807, 2.05) is 7.05 Å². The number of anilines is 2. The van der Waals surface area contributed by atoms with Gasteiger partial charge < -0.3 is 15.4 Å². The molecule has 19 heavy (non-hydrogen) atoms. The van der Waals surface area contributed by atoms with E-state index in [0.717, 1.165) is 5.92 Å². The van der Waals surface area contributed by atoms with Gasteiger partial charge in [-0.25, -0.2) is 0 Å². The van der Waals surface area contributed by atoms with Gasteiger partial charge in [0.25, 0.3) is 0 Å². The lowest BCUT2D eigenvalue weighted by molar-refractivity contribution is 0.311. The summed E-state index contributed by atoms with van der Waals surface area (Å²) in [6.07, 6.45) is 6.21. The maximum absolute atomic E-state index is 5.68. The predicted molar refractivity (Wildman–Crippen MR) is 75.2 cm³/mol. The zero-order valence-electron chi connectivity index (χ0n) is 12.0. The highest BCUT2D eigenvalue weighted by Gasteiger charge is 2.25. The third kappa shape index (κ3) is 3.24. The van der Waals surface area contributed by atoms with Crippen molar-refractivity contribution in [2.24, 2.45) is 5.92 Å². The molecular weight excluding hydrogens is 242 g/mol. The molecular formula is C13H23N5O. The quantitative estimate of drug-likeness (QED) is 0.895. The second kappa shape index (κ2) is 6.04. The van der Waals surface area contributed by atoms with Gasteiger partial charge in [-0.15, -0.1) is 0 Å². The molecule has 2 N–H and O–H groups in total. The smallest absolute Gasteiger partial charge is 0.322 e. The number of nitrogens with zero attached hydrogens (tertiary/aromatic N) is 4. The van der Waals surface area contributed by atoms with Crippen molar-refractivity contribution < 1.29 is 4.74 Å². The van der Waals surface area contributed by atoms with E-state index >= 15 is 0 Å². The second-order valence-corrected chi connectivity index (χ2v) is 5.17. The SMILES string of the molecule is CCC1CCC(N(C)c2nc(N)nc(OC)n2)CC1. The van der Waals surface area contributed by atoms with Gasteiger partial charge in [-0.3, -0.25) is 0 Å².